The number of halogens is 1. The van der Waals surface area contributed by atoms with Crippen molar-refractivity contribution in [3.8, 4) is 0 Å². The Morgan fingerprint density at radius 3 is 2.74 bits per heavy atom. The molecule has 1 N–H and O–H groups in total. The van der Waals surface area contributed by atoms with Gasteiger partial charge in [-0.05, 0) is 36.2 Å². The van der Waals surface area contributed by atoms with E-state index in [2.05, 4.69) is 4.74 Å². The molecule has 1 aromatic heterocycles. The summed E-state index contributed by atoms with van der Waals surface area (Å²) in [4.78, 5) is 11.2. The number of rotatable bonds is 3. The first-order valence-electron chi connectivity index (χ1n) is 5.65. The zero-order valence-electron chi connectivity index (χ0n) is 10.5. The van der Waals surface area contributed by atoms with Gasteiger partial charge in [-0.3, -0.25) is 0 Å². The van der Waals surface area contributed by atoms with E-state index in [0.717, 1.165) is 0 Å². The molecule has 1 unspecified atom stereocenters. The highest BCUT2D eigenvalue weighted by atomic mass is 19.1. The van der Waals surface area contributed by atoms with Crippen molar-refractivity contribution < 1.29 is 23.4 Å². The number of hydrogen-bond acceptors (Lipinski definition) is 4. The summed E-state index contributed by atoms with van der Waals surface area (Å²) in [6, 6.07) is 7.17. The van der Waals surface area contributed by atoms with Crippen LogP contribution in [-0.2, 0) is 4.74 Å². The molecule has 0 saturated carbocycles. The topological polar surface area (TPSA) is 59.7 Å². The number of carbonyl (C=O) groups excluding carboxylic acids is 1. The number of benzene rings is 1. The summed E-state index contributed by atoms with van der Waals surface area (Å²) >= 11 is 0. The second-order valence-corrected chi connectivity index (χ2v) is 4.10. The summed E-state index contributed by atoms with van der Waals surface area (Å²) in [5, 5.41) is 10.1. The minimum atomic E-state index is -1.06. The van der Waals surface area contributed by atoms with Crippen molar-refractivity contribution in [2.75, 3.05) is 7.11 Å². The summed E-state index contributed by atoms with van der Waals surface area (Å²) in [5.41, 5.74) is 0.918. The number of ether oxygens (including phenoxy) is 1. The molecule has 2 aromatic rings. The van der Waals surface area contributed by atoms with Crippen molar-refractivity contribution >= 4 is 5.97 Å². The van der Waals surface area contributed by atoms with Gasteiger partial charge in [-0.1, -0.05) is 12.1 Å². The van der Waals surface area contributed by atoms with Crippen LogP contribution in [0, 0.1) is 12.7 Å². The van der Waals surface area contributed by atoms with Crippen molar-refractivity contribution in [2.45, 2.75) is 13.0 Å². The number of methoxy groups -OCH3 is 1. The van der Waals surface area contributed by atoms with Gasteiger partial charge in [-0.25, -0.2) is 9.18 Å². The first-order chi connectivity index (χ1) is 9.02. The number of esters is 1. The Kier molecular flexibility index (Phi) is 3.66. The Morgan fingerprint density at radius 2 is 2.11 bits per heavy atom. The third-order valence-electron chi connectivity index (χ3n) is 2.78. The second kappa shape index (κ2) is 5.24. The Labute approximate surface area is 109 Å². The molecule has 4 nitrogen and oxygen atoms in total. The third-order valence-corrected chi connectivity index (χ3v) is 2.78. The first kappa shape index (κ1) is 13.3. The lowest BCUT2D eigenvalue weighted by Gasteiger charge is -2.09. The average molecular weight is 264 g/mol. The van der Waals surface area contributed by atoms with E-state index in [1.165, 1.54) is 37.4 Å². The zero-order valence-corrected chi connectivity index (χ0v) is 10.5. The van der Waals surface area contributed by atoms with Crippen molar-refractivity contribution in [1.29, 1.82) is 0 Å². The smallest absolute Gasteiger partial charge is 0.373 e. The van der Waals surface area contributed by atoms with E-state index < -0.39 is 12.1 Å². The van der Waals surface area contributed by atoms with Gasteiger partial charge in [0.05, 0.1) is 7.11 Å². The fraction of sp³-hybridized carbons (Fsp3) is 0.214. The quantitative estimate of drug-likeness (QED) is 0.866. The Hall–Kier alpha value is -2.14. The van der Waals surface area contributed by atoms with Gasteiger partial charge < -0.3 is 14.3 Å². The number of hydrogen-bond donors (Lipinski definition) is 1. The predicted octanol–water partition coefficient (Wildman–Crippen LogP) is 2.60. The van der Waals surface area contributed by atoms with Gasteiger partial charge in [-0.15, -0.1) is 0 Å². The van der Waals surface area contributed by atoms with Gasteiger partial charge in [0.2, 0.25) is 5.76 Å². The van der Waals surface area contributed by atoms with E-state index in [-0.39, 0.29) is 17.3 Å². The molecule has 5 heteroatoms. The van der Waals surface area contributed by atoms with Crippen LogP contribution in [-0.4, -0.2) is 18.2 Å². The highest BCUT2D eigenvalue weighted by molar-refractivity contribution is 5.86. The SMILES string of the molecule is COC(=O)c1ccc(C(O)c2ccc(F)c(C)c2)o1. The van der Waals surface area contributed by atoms with Crippen LogP contribution in [0.15, 0.2) is 34.7 Å². The van der Waals surface area contributed by atoms with E-state index in [9.17, 15) is 14.3 Å². The molecule has 0 aliphatic rings. The molecule has 2 rings (SSSR count). The van der Waals surface area contributed by atoms with Gasteiger partial charge in [0.1, 0.15) is 17.7 Å². The molecule has 0 amide bonds. The second-order valence-electron chi connectivity index (χ2n) is 4.10. The van der Waals surface area contributed by atoms with Crippen LogP contribution >= 0.6 is 0 Å². The fourth-order valence-electron chi connectivity index (χ4n) is 1.71. The van der Waals surface area contributed by atoms with Gasteiger partial charge in [0.15, 0.2) is 0 Å². The maximum Gasteiger partial charge on any atom is 0.373 e. The lowest BCUT2D eigenvalue weighted by Crippen LogP contribution is -2.01. The molecular weight excluding hydrogens is 251 g/mol. The summed E-state index contributed by atoms with van der Waals surface area (Å²) in [6.07, 6.45) is -1.06. The largest absolute Gasteiger partial charge is 0.463 e. The molecule has 1 atom stereocenters. The number of carbonyl (C=O) groups is 1. The lowest BCUT2D eigenvalue weighted by atomic mass is 10.0. The fourth-order valence-corrected chi connectivity index (χ4v) is 1.71. The highest BCUT2D eigenvalue weighted by Gasteiger charge is 2.18. The predicted molar refractivity (Wildman–Crippen MR) is 65.2 cm³/mol. The molecule has 1 heterocycles. The highest BCUT2D eigenvalue weighted by Crippen LogP contribution is 2.25. The summed E-state index contributed by atoms with van der Waals surface area (Å²) in [5.74, 6) is -0.749. The van der Waals surface area contributed by atoms with Crippen molar-refractivity contribution in [3.05, 3.63) is 58.8 Å². The van der Waals surface area contributed by atoms with Crippen LogP contribution in [0.1, 0.15) is 33.5 Å². The molecule has 0 aliphatic carbocycles. The standard InChI is InChI=1S/C14H13FO4/c1-8-7-9(3-4-10(8)15)13(16)11-5-6-12(19-11)14(17)18-2/h3-7,13,16H,1-2H3. The number of aryl methyl sites for hydroxylation is 1. The molecule has 0 saturated heterocycles. The van der Waals surface area contributed by atoms with Gasteiger partial charge in [0.25, 0.3) is 0 Å². The van der Waals surface area contributed by atoms with E-state index in [1.807, 2.05) is 0 Å². The van der Waals surface area contributed by atoms with E-state index in [4.69, 9.17) is 4.42 Å². The third kappa shape index (κ3) is 2.66. The molecule has 100 valence electrons. The van der Waals surface area contributed by atoms with Gasteiger partial charge in [0, 0.05) is 0 Å². The number of aliphatic hydroxyl groups excluding tert-OH is 1. The molecule has 0 radical (unpaired) electrons. The molecule has 0 spiro atoms. The molecule has 0 fully saturated rings. The summed E-state index contributed by atoms with van der Waals surface area (Å²) < 4.78 is 22.9. The minimum Gasteiger partial charge on any atom is -0.463 e. The van der Waals surface area contributed by atoms with E-state index >= 15 is 0 Å². The first-order valence-corrected chi connectivity index (χ1v) is 5.65. The summed E-state index contributed by atoms with van der Waals surface area (Å²) in [6.45, 7) is 1.60. The maximum atomic E-state index is 13.2. The molecular formula is C14H13FO4. The van der Waals surface area contributed by atoms with Crippen LogP contribution in [0.4, 0.5) is 4.39 Å². The van der Waals surface area contributed by atoms with Crippen LogP contribution in [0.2, 0.25) is 0 Å². The molecule has 0 aliphatic heterocycles. The van der Waals surface area contributed by atoms with Crippen LogP contribution < -0.4 is 0 Å². The van der Waals surface area contributed by atoms with Gasteiger partial charge in [-0.2, -0.15) is 0 Å². The van der Waals surface area contributed by atoms with Crippen LogP contribution in [0.3, 0.4) is 0 Å². The van der Waals surface area contributed by atoms with E-state index in [1.54, 1.807) is 6.92 Å². The van der Waals surface area contributed by atoms with Crippen molar-refractivity contribution in [1.82, 2.24) is 0 Å². The molecule has 1 aromatic carbocycles. The lowest BCUT2D eigenvalue weighted by molar-refractivity contribution is 0.0558. The maximum absolute atomic E-state index is 13.2. The van der Waals surface area contributed by atoms with Crippen LogP contribution in [0.25, 0.3) is 0 Å². The van der Waals surface area contributed by atoms with Crippen molar-refractivity contribution in [2.24, 2.45) is 0 Å². The van der Waals surface area contributed by atoms with Crippen molar-refractivity contribution in [3.63, 3.8) is 0 Å². The number of aliphatic hydroxyl groups is 1. The minimum absolute atomic E-state index is 0.00961. The normalized spacial score (nSPS) is 12.2. The Bertz CT molecular complexity index is 603. The van der Waals surface area contributed by atoms with E-state index in [0.29, 0.717) is 11.1 Å². The van der Waals surface area contributed by atoms with Gasteiger partial charge >= 0.3 is 5.97 Å². The molecule has 0 bridgehead atoms. The van der Waals surface area contributed by atoms with Crippen LogP contribution in [0.5, 0.6) is 0 Å². The average Bonchev–Trinajstić information content (AvgIpc) is 2.89. The zero-order chi connectivity index (χ0) is 14.0. The Balaban J connectivity index is 2.28. The Morgan fingerprint density at radius 1 is 1.37 bits per heavy atom. The monoisotopic (exact) mass is 264 g/mol. The number of furan rings is 1. The summed E-state index contributed by atoms with van der Waals surface area (Å²) in [7, 11) is 1.24. The molecule has 19 heavy (non-hydrogen) atoms.